The number of pyridine rings is 2. The summed E-state index contributed by atoms with van der Waals surface area (Å²) in [5, 5.41) is 3.61. The van der Waals surface area contributed by atoms with E-state index in [1.807, 2.05) is 43.3 Å². The van der Waals surface area contributed by atoms with Gasteiger partial charge >= 0.3 is 0 Å². The standard InChI is InChI=1S/C29H23N7O2S/c1-4-25(38)34-18-9-17(11-30-12-18)21-10-20-22(13-31-21)32-14-33-28(20)29-35-26-15(2)5-6-19(27(26)36-29)24-8-7-23(39-24)16(3)37/h5-14H,4H2,1-3H3,(H,34,38)(H,35,36). The Bertz CT molecular complexity index is 1910. The van der Waals surface area contributed by atoms with Crippen LogP contribution in [0.15, 0.2) is 61.3 Å². The van der Waals surface area contributed by atoms with Crippen LogP contribution >= 0.6 is 11.3 Å². The van der Waals surface area contributed by atoms with E-state index in [0.717, 1.165) is 38.0 Å². The SMILES string of the molecule is CCC(=O)Nc1cncc(-c2cc3c(-c4nc5c(C)ccc(-c6ccc(C(C)=O)s6)c5[nH]4)ncnc3cn2)c1. The number of aromatic nitrogens is 6. The number of benzene rings is 1. The second-order valence-corrected chi connectivity index (χ2v) is 10.2. The van der Waals surface area contributed by atoms with Gasteiger partial charge in [0.05, 0.1) is 45.2 Å². The van der Waals surface area contributed by atoms with E-state index < -0.39 is 0 Å². The number of Topliss-reactive ketones (excluding diaryl/α,β-unsaturated/α-hetero) is 1. The molecule has 0 spiro atoms. The molecule has 1 amide bonds. The van der Waals surface area contributed by atoms with E-state index >= 15 is 0 Å². The number of aryl methyl sites for hydroxylation is 1. The summed E-state index contributed by atoms with van der Waals surface area (Å²) >= 11 is 1.46. The molecule has 10 heteroatoms. The summed E-state index contributed by atoms with van der Waals surface area (Å²) in [7, 11) is 0. The number of rotatable bonds is 6. The van der Waals surface area contributed by atoms with E-state index in [-0.39, 0.29) is 11.7 Å². The van der Waals surface area contributed by atoms with Crippen molar-refractivity contribution >= 4 is 50.7 Å². The van der Waals surface area contributed by atoms with Crippen LogP contribution in [0.4, 0.5) is 5.69 Å². The molecule has 0 aliphatic rings. The predicted molar refractivity (Wildman–Crippen MR) is 153 cm³/mol. The fraction of sp³-hybridized carbons (Fsp3) is 0.138. The Morgan fingerprint density at radius 2 is 1.90 bits per heavy atom. The molecule has 0 saturated carbocycles. The number of H-pyrrole nitrogens is 1. The number of carbonyl (C=O) groups is 2. The number of thiophene rings is 1. The molecule has 0 bridgehead atoms. The molecule has 192 valence electrons. The van der Waals surface area contributed by atoms with Crippen molar-refractivity contribution in [1.29, 1.82) is 0 Å². The van der Waals surface area contributed by atoms with E-state index in [1.54, 1.807) is 32.4 Å². The molecule has 0 unspecified atom stereocenters. The molecule has 5 heterocycles. The summed E-state index contributed by atoms with van der Waals surface area (Å²) in [6.45, 7) is 5.39. The number of carbonyl (C=O) groups excluding carboxylic acids is 2. The van der Waals surface area contributed by atoms with Gasteiger partial charge in [0.25, 0.3) is 0 Å². The van der Waals surface area contributed by atoms with Gasteiger partial charge in [-0.15, -0.1) is 11.3 Å². The first kappa shape index (κ1) is 24.5. The predicted octanol–water partition coefficient (Wildman–Crippen LogP) is 6.22. The minimum absolute atomic E-state index is 0.0465. The lowest BCUT2D eigenvalue weighted by atomic mass is 10.1. The van der Waals surface area contributed by atoms with Gasteiger partial charge in [-0.05, 0) is 43.7 Å². The number of nitrogens with one attached hydrogen (secondary N) is 2. The maximum atomic E-state index is 11.9. The van der Waals surface area contributed by atoms with Crippen molar-refractivity contribution in [3.8, 4) is 33.2 Å². The fourth-order valence-corrected chi connectivity index (χ4v) is 5.35. The van der Waals surface area contributed by atoms with Crippen molar-refractivity contribution in [2.24, 2.45) is 0 Å². The highest BCUT2D eigenvalue weighted by Gasteiger charge is 2.18. The highest BCUT2D eigenvalue weighted by Crippen LogP contribution is 2.36. The topological polar surface area (TPSA) is 126 Å². The maximum absolute atomic E-state index is 11.9. The smallest absolute Gasteiger partial charge is 0.224 e. The Hall–Kier alpha value is -4.83. The van der Waals surface area contributed by atoms with Crippen LogP contribution in [-0.2, 0) is 4.79 Å². The molecule has 0 fully saturated rings. The van der Waals surface area contributed by atoms with E-state index in [4.69, 9.17) is 4.98 Å². The number of hydrogen-bond donors (Lipinski definition) is 2. The molecule has 6 aromatic rings. The monoisotopic (exact) mass is 533 g/mol. The number of imidazole rings is 1. The molecule has 5 aromatic heterocycles. The quantitative estimate of drug-likeness (QED) is 0.243. The van der Waals surface area contributed by atoms with Crippen LogP contribution in [0.5, 0.6) is 0 Å². The summed E-state index contributed by atoms with van der Waals surface area (Å²) in [4.78, 5) is 51.7. The number of nitrogens with zero attached hydrogens (tertiary/aromatic N) is 5. The van der Waals surface area contributed by atoms with Crippen LogP contribution < -0.4 is 5.32 Å². The van der Waals surface area contributed by atoms with Gasteiger partial charge in [-0.25, -0.2) is 15.0 Å². The zero-order valence-corrected chi connectivity index (χ0v) is 22.3. The van der Waals surface area contributed by atoms with Crippen LogP contribution in [0, 0.1) is 6.92 Å². The van der Waals surface area contributed by atoms with E-state index in [1.165, 1.54) is 17.7 Å². The molecule has 2 N–H and O–H groups in total. The third kappa shape index (κ3) is 4.55. The number of aromatic amines is 1. The normalized spacial score (nSPS) is 11.3. The zero-order valence-electron chi connectivity index (χ0n) is 21.4. The van der Waals surface area contributed by atoms with Crippen molar-refractivity contribution in [2.45, 2.75) is 27.2 Å². The van der Waals surface area contributed by atoms with Crippen molar-refractivity contribution in [2.75, 3.05) is 5.32 Å². The van der Waals surface area contributed by atoms with Crippen LogP contribution in [0.3, 0.4) is 0 Å². The average molecular weight is 534 g/mol. The number of anilines is 1. The van der Waals surface area contributed by atoms with Crippen molar-refractivity contribution in [3.63, 3.8) is 0 Å². The molecular formula is C29H23N7O2S. The van der Waals surface area contributed by atoms with Crippen molar-refractivity contribution < 1.29 is 9.59 Å². The lowest BCUT2D eigenvalue weighted by Crippen LogP contribution is -2.09. The Balaban J connectivity index is 1.47. The molecule has 0 saturated heterocycles. The van der Waals surface area contributed by atoms with Gasteiger partial charge in [-0.1, -0.05) is 19.1 Å². The first-order valence-electron chi connectivity index (χ1n) is 12.4. The molecule has 9 nitrogen and oxygen atoms in total. The minimum atomic E-state index is -0.0873. The Morgan fingerprint density at radius 1 is 1.03 bits per heavy atom. The first-order chi connectivity index (χ1) is 18.9. The van der Waals surface area contributed by atoms with Crippen LogP contribution in [0.25, 0.3) is 55.2 Å². The highest BCUT2D eigenvalue weighted by molar-refractivity contribution is 7.17. The van der Waals surface area contributed by atoms with Gasteiger partial charge in [0.1, 0.15) is 12.0 Å². The largest absolute Gasteiger partial charge is 0.336 e. The third-order valence-corrected chi connectivity index (χ3v) is 7.67. The van der Waals surface area contributed by atoms with E-state index in [2.05, 4.69) is 30.2 Å². The Kier molecular flexibility index (Phi) is 6.16. The molecular weight excluding hydrogens is 510 g/mol. The maximum Gasteiger partial charge on any atom is 0.224 e. The summed E-state index contributed by atoms with van der Waals surface area (Å²) in [5.74, 6) is 0.566. The number of ketones is 1. The van der Waals surface area contributed by atoms with Crippen molar-refractivity contribution in [1.82, 2.24) is 29.9 Å². The summed E-state index contributed by atoms with van der Waals surface area (Å²) < 4.78 is 0. The Labute approximate surface area is 227 Å². The number of amides is 1. The summed E-state index contributed by atoms with van der Waals surface area (Å²) in [6.07, 6.45) is 6.88. The minimum Gasteiger partial charge on any atom is -0.336 e. The molecule has 0 radical (unpaired) electrons. The third-order valence-electron chi connectivity index (χ3n) is 6.45. The van der Waals surface area contributed by atoms with Gasteiger partial charge in [0.15, 0.2) is 11.6 Å². The lowest BCUT2D eigenvalue weighted by molar-refractivity contribution is -0.115. The highest BCUT2D eigenvalue weighted by atomic mass is 32.1. The Morgan fingerprint density at radius 3 is 2.69 bits per heavy atom. The molecule has 0 atom stereocenters. The number of fused-ring (bicyclic) bond motifs is 2. The van der Waals surface area contributed by atoms with Crippen LogP contribution in [-0.4, -0.2) is 41.6 Å². The van der Waals surface area contributed by atoms with Gasteiger partial charge in [-0.3, -0.25) is 19.6 Å². The van der Waals surface area contributed by atoms with Crippen molar-refractivity contribution in [3.05, 3.63) is 71.8 Å². The first-order valence-corrected chi connectivity index (χ1v) is 13.2. The van der Waals surface area contributed by atoms with Crippen LogP contribution in [0.1, 0.15) is 35.5 Å². The van der Waals surface area contributed by atoms with Gasteiger partial charge < -0.3 is 10.3 Å². The number of hydrogen-bond acceptors (Lipinski definition) is 8. The molecule has 1 aromatic carbocycles. The second-order valence-electron chi connectivity index (χ2n) is 9.13. The average Bonchev–Trinajstić information content (AvgIpc) is 3.62. The molecule has 0 aliphatic heterocycles. The van der Waals surface area contributed by atoms with Gasteiger partial charge in [0, 0.05) is 34.0 Å². The molecule has 39 heavy (non-hydrogen) atoms. The van der Waals surface area contributed by atoms with Crippen LogP contribution in [0.2, 0.25) is 0 Å². The van der Waals surface area contributed by atoms with E-state index in [9.17, 15) is 9.59 Å². The van der Waals surface area contributed by atoms with E-state index in [0.29, 0.717) is 39.7 Å². The molecule has 6 rings (SSSR count). The lowest BCUT2D eigenvalue weighted by Gasteiger charge is -2.08. The fourth-order valence-electron chi connectivity index (χ4n) is 4.42. The second kappa shape index (κ2) is 9.80. The van der Waals surface area contributed by atoms with Gasteiger partial charge in [0.2, 0.25) is 5.91 Å². The van der Waals surface area contributed by atoms with Gasteiger partial charge in [-0.2, -0.15) is 0 Å². The summed E-state index contributed by atoms with van der Waals surface area (Å²) in [6, 6.07) is 11.7. The zero-order chi connectivity index (χ0) is 27.1. The summed E-state index contributed by atoms with van der Waals surface area (Å²) in [5.41, 5.74) is 7.06. The molecule has 0 aliphatic carbocycles.